The Morgan fingerprint density at radius 1 is 1.24 bits per heavy atom. The number of rotatable bonds is 6. The first-order valence-corrected chi connectivity index (χ1v) is 10.3. The van der Waals surface area contributed by atoms with E-state index < -0.39 is 5.41 Å². The maximum Gasteiger partial charge on any atom is 0.176 e. The van der Waals surface area contributed by atoms with Gasteiger partial charge in [-0.15, -0.1) is 0 Å². The van der Waals surface area contributed by atoms with Gasteiger partial charge in [0.1, 0.15) is 29.8 Å². The Bertz CT molecular complexity index is 938. The van der Waals surface area contributed by atoms with Gasteiger partial charge in [-0.3, -0.25) is 9.80 Å². The first-order valence-electron chi connectivity index (χ1n) is 10.3. The maximum atomic E-state index is 12.8. The third-order valence-corrected chi connectivity index (χ3v) is 6.05. The fourth-order valence-corrected chi connectivity index (χ4v) is 4.72. The highest BCUT2D eigenvalue weighted by molar-refractivity contribution is 6.43. The number of carbonyl (C=O) groups excluding carboxylic acids is 1. The average Bonchev–Trinajstić information content (AvgIpc) is 3.04. The monoisotopic (exact) mass is 391 g/mol. The van der Waals surface area contributed by atoms with Crippen molar-refractivity contribution in [3.63, 3.8) is 0 Å². The molecule has 2 atom stereocenters. The lowest BCUT2D eigenvalue weighted by Crippen LogP contribution is -2.53. The summed E-state index contributed by atoms with van der Waals surface area (Å²) in [5, 5.41) is 6.97. The van der Waals surface area contributed by atoms with Crippen molar-refractivity contribution in [3.05, 3.63) is 59.7 Å². The Morgan fingerprint density at radius 2 is 2.00 bits per heavy atom. The fraction of sp³-hybridized carbons (Fsp3) is 0.417. The van der Waals surface area contributed by atoms with Gasteiger partial charge in [0, 0.05) is 6.92 Å². The Hall–Kier alpha value is -2.66. The van der Waals surface area contributed by atoms with Crippen molar-refractivity contribution in [2.45, 2.75) is 38.1 Å². The van der Waals surface area contributed by atoms with Crippen molar-refractivity contribution in [2.24, 2.45) is 5.10 Å². The number of hydrogen-bond acceptors (Lipinski definition) is 5. The third-order valence-electron chi connectivity index (χ3n) is 6.05. The van der Waals surface area contributed by atoms with Gasteiger partial charge in [0.2, 0.25) is 0 Å². The van der Waals surface area contributed by atoms with Gasteiger partial charge in [0.15, 0.2) is 5.78 Å². The van der Waals surface area contributed by atoms with Gasteiger partial charge in [-0.25, -0.2) is 0 Å². The molecule has 1 unspecified atom stereocenters. The molecule has 0 radical (unpaired) electrons. The smallest absolute Gasteiger partial charge is 0.176 e. The number of ether oxygens (including phenoxy) is 1. The van der Waals surface area contributed by atoms with Crippen LogP contribution in [-0.4, -0.2) is 49.7 Å². The van der Waals surface area contributed by atoms with E-state index in [1.165, 1.54) is 0 Å². The molecule has 29 heavy (non-hydrogen) atoms. The summed E-state index contributed by atoms with van der Waals surface area (Å²) in [6, 6.07) is 16.5. The normalized spacial score (nSPS) is 22.7. The number of hydrazone groups is 1. The second-order valence-corrected chi connectivity index (χ2v) is 8.39. The van der Waals surface area contributed by atoms with Crippen LogP contribution in [0.2, 0.25) is 0 Å². The number of carbonyl (C=O) groups is 1. The van der Waals surface area contributed by atoms with Crippen LogP contribution in [0.25, 0.3) is 0 Å². The van der Waals surface area contributed by atoms with Gasteiger partial charge in [-0.2, -0.15) is 5.10 Å². The molecule has 0 fully saturated rings. The molecule has 0 bridgehead atoms. The van der Waals surface area contributed by atoms with Gasteiger partial charge < -0.3 is 9.64 Å². The third kappa shape index (κ3) is 3.33. The largest absolute Gasteiger partial charge is 0.489 e. The Morgan fingerprint density at radius 3 is 2.69 bits per heavy atom. The minimum atomic E-state index is -0.482. The van der Waals surface area contributed by atoms with E-state index in [0.717, 1.165) is 42.0 Å². The molecule has 4 rings (SSSR count). The van der Waals surface area contributed by atoms with Crippen LogP contribution in [0.1, 0.15) is 30.9 Å². The molecule has 0 saturated heterocycles. The van der Waals surface area contributed by atoms with Crippen LogP contribution in [0.3, 0.4) is 0 Å². The predicted molar refractivity (Wildman–Crippen MR) is 117 cm³/mol. The van der Waals surface area contributed by atoms with Crippen LogP contribution in [0.4, 0.5) is 5.69 Å². The van der Waals surface area contributed by atoms with Crippen LogP contribution < -0.4 is 9.75 Å². The van der Waals surface area contributed by atoms with E-state index in [9.17, 15) is 4.79 Å². The Kier molecular flexibility index (Phi) is 5.17. The molecule has 0 aromatic heterocycles. The van der Waals surface area contributed by atoms with E-state index in [1.807, 2.05) is 35.3 Å². The SMILES string of the molecule is CC(=O)C1=NN2c3cc(C)ccc3OCC2[C@@]1(CCCN(C)C)c1ccccc1. The van der Waals surface area contributed by atoms with Crippen molar-refractivity contribution in [2.75, 3.05) is 32.3 Å². The highest BCUT2D eigenvalue weighted by Crippen LogP contribution is 2.48. The van der Waals surface area contributed by atoms with Crippen LogP contribution in [0.5, 0.6) is 5.75 Å². The summed E-state index contributed by atoms with van der Waals surface area (Å²) < 4.78 is 6.19. The topological polar surface area (TPSA) is 45.1 Å². The van der Waals surface area contributed by atoms with Crippen LogP contribution >= 0.6 is 0 Å². The minimum Gasteiger partial charge on any atom is -0.489 e. The first-order chi connectivity index (χ1) is 13.9. The second-order valence-electron chi connectivity index (χ2n) is 8.39. The Balaban J connectivity index is 1.85. The van der Waals surface area contributed by atoms with Gasteiger partial charge in [0.05, 0.1) is 5.41 Å². The van der Waals surface area contributed by atoms with Gasteiger partial charge in [-0.1, -0.05) is 36.4 Å². The molecule has 5 nitrogen and oxygen atoms in total. The van der Waals surface area contributed by atoms with E-state index >= 15 is 0 Å². The highest BCUT2D eigenvalue weighted by Gasteiger charge is 2.55. The number of fused-ring (bicyclic) bond motifs is 3. The lowest BCUT2D eigenvalue weighted by atomic mass is 9.67. The highest BCUT2D eigenvalue weighted by atomic mass is 16.5. The first kappa shape index (κ1) is 19.6. The van der Waals surface area contributed by atoms with E-state index in [4.69, 9.17) is 9.84 Å². The van der Waals surface area contributed by atoms with E-state index in [1.54, 1.807) is 6.92 Å². The van der Waals surface area contributed by atoms with Crippen molar-refractivity contribution < 1.29 is 9.53 Å². The minimum absolute atomic E-state index is 0.0299. The summed E-state index contributed by atoms with van der Waals surface area (Å²) in [6.45, 7) is 5.17. The zero-order valence-corrected chi connectivity index (χ0v) is 17.7. The quantitative estimate of drug-likeness (QED) is 0.751. The Labute approximate surface area is 173 Å². The molecule has 0 aliphatic carbocycles. The zero-order chi connectivity index (χ0) is 20.6. The molecular formula is C24H29N3O2. The van der Waals surface area contributed by atoms with Crippen LogP contribution in [-0.2, 0) is 10.2 Å². The number of nitrogens with zero attached hydrogens (tertiary/aromatic N) is 3. The van der Waals surface area contributed by atoms with Crippen molar-refractivity contribution in [1.29, 1.82) is 0 Å². The lowest BCUT2D eigenvalue weighted by Gasteiger charge is -2.41. The number of benzene rings is 2. The molecule has 2 aromatic rings. The number of ketones is 1. The number of hydrogen-bond donors (Lipinski definition) is 0. The summed E-state index contributed by atoms with van der Waals surface area (Å²) in [5.74, 6) is 0.859. The summed E-state index contributed by atoms with van der Waals surface area (Å²) in [4.78, 5) is 15.0. The number of aryl methyl sites for hydroxylation is 1. The van der Waals surface area contributed by atoms with E-state index in [0.29, 0.717) is 12.3 Å². The molecule has 0 amide bonds. The van der Waals surface area contributed by atoms with Crippen molar-refractivity contribution >= 4 is 17.2 Å². The standard InChI is InChI=1S/C24H29N3O2/c1-17-11-12-21-20(15-17)27-22(16-29-21)24(13-8-14-26(3)4,23(25-27)18(2)28)19-9-6-5-7-10-19/h5-7,9-12,15,22H,8,13-14,16H2,1-4H3/t22?,24-/m1/s1. The van der Waals surface area contributed by atoms with E-state index in [2.05, 4.69) is 44.1 Å². The summed E-state index contributed by atoms with van der Waals surface area (Å²) in [6.07, 6.45) is 1.82. The molecule has 2 aliphatic rings. The molecule has 0 spiro atoms. The van der Waals surface area contributed by atoms with Gasteiger partial charge in [0.25, 0.3) is 0 Å². The molecule has 152 valence electrons. The lowest BCUT2D eigenvalue weighted by molar-refractivity contribution is -0.111. The van der Waals surface area contributed by atoms with E-state index in [-0.39, 0.29) is 11.8 Å². The molecular weight excluding hydrogens is 362 g/mol. The fourth-order valence-electron chi connectivity index (χ4n) is 4.72. The number of Topliss-reactive ketones (excluding diaryl/α,β-unsaturated/α-hetero) is 1. The average molecular weight is 392 g/mol. The second kappa shape index (κ2) is 7.64. The summed E-state index contributed by atoms with van der Waals surface area (Å²) >= 11 is 0. The van der Waals surface area contributed by atoms with Crippen LogP contribution in [0.15, 0.2) is 53.6 Å². The maximum absolute atomic E-state index is 12.8. The molecule has 2 aliphatic heterocycles. The molecule has 5 heteroatoms. The predicted octanol–water partition coefficient (Wildman–Crippen LogP) is 3.80. The zero-order valence-electron chi connectivity index (χ0n) is 17.7. The summed E-state index contributed by atoms with van der Waals surface area (Å²) in [7, 11) is 4.16. The summed E-state index contributed by atoms with van der Waals surface area (Å²) in [5.41, 5.74) is 3.40. The van der Waals surface area contributed by atoms with Gasteiger partial charge in [-0.05, 0) is 63.7 Å². The van der Waals surface area contributed by atoms with Crippen molar-refractivity contribution in [3.8, 4) is 5.75 Å². The molecule has 2 aromatic carbocycles. The van der Waals surface area contributed by atoms with Crippen molar-refractivity contribution in [1.82, 2.24) is 4.90 Å². The van der Waals surface area contributed by atoms with Crippen LogP contribution in [0, 0.1) is 6.92 Å². The molecule has 2 heterocycles. The number of anilines is 1. The molecule has 0 saturated carbocycles. The molecule has 0 N–H and O–H groups in total. The van der Waals surface area contributed by atoms with Gasteiger partial charge >= 0.3 is 0 Å².